The fourth-order valence-electron chi connectivity index (χ4n) is 5.52. The SMILES string of the molecule is COc1cc(COC2CN(C(=O)[O-])CCC2c2ccc(OCCCOc3ccccc3Cl)cc2)c(OC)c2ccccc12. The van der Waals surface area contributed by atoms with E-state index in [1.165, 1.54) is 4.90 Å². The summed E-state index contributed by atoms with van der Waals surface area (Å²) in [6.07, 6.45) is -0.272. The van der Waals surface area contributed by atoms with Gasteiger partial charge in [0.15, 0.2) is 0 Å². The summed E-state index contributed by atoms with van der Waals surface area (Å²) in [5.74, 6) is 2.83. The van der Waals surface area contributed by atoms with E-state index in [9.17, 15) is 9.90 Å². The fourth-order valence-corrected chi connectivity index (χ4v) is 5.71. The first-order chi connectivity index (χ1) is 21.0. The van der Waals surface area contributed by atoms with Crippen LogP contribution in [0.3, 0.4) is 0 Å². The number of carbonyl (C=O) groups is 1. The predicted molar refractivity (Wildman–Crippen MR) is 163 cm³/mol. The van der Waals surface area contributed by atoms with Crippen LogP contribution in [0, 0.1) is 0 Å². The van der Waals surface area contributed by atoms with E-state index in [1.807, 2.05) is 72.8 Å². The van der Waals surface area contributed by atoms with Crippen LogP contribution >= 0.6 is 11.6 Å². The van der Waals surface area contributed by atoms with Crippen molar-refractivity contribution in [2.75, 3.05) is 40.5 Å². The molecule has 1 saturated heterocycles. The number of amides is 1. The van der Waals surface area contributed by atoms with Crippen LogP contribution in [0.15, 0.2) is 78.9 Å². The van der Waals surface area contributed by atoms with Gasteiger partial charge in [0.2, 0.25) is 0 Å². The van der Waals surface area contributed by atoms with E-state index in [1.54, 1.807) is 20.3 Å². The normalized spacial score (nSPS) is 16.6. The number of ether oxygens (including phenoxy) is 5. The van der Waals surface area contributed by atoms with Crippen LogP contribution in [0.2, 0.25) is 5.02 Å². The zero-order valence-corrected chi connectivity index (χ0v) is 25.0. The molecule has 0 spiro atoms. The second kappa shape index (κ2) is 14.4. The summed E-state index contributed by atoms with van der Waals surface area (Å²) in [5.41, 5.74) is 1.88. The van der Waals surface area contributed by atoms with Crippen LogP contribution in [0.1, 0.15) is 29.9 Å². The highest BCUT2D eigenvalue weighted by Gasteiger charge is 2.32. The number of hydrogen-bond donors (Lipinski definition) is 0. The number of rotatable bonds is 12. The van der Waals surface area contributed by atoms with E-state index >= 15 is 0 Å². The van der Waals surface area contributed by atoms with Crippen molar-refractivity contribution in [3.63, 3.8) is 0 Å². The van der Waals surface area contributed by atoms with E-state index in [4.69, 9.17) is 35.3 Å². The lowest BCUT2D eigenvalue weighted by molar-refractivity contribution is -0.268. The quantitative estimate of drug-likeness (QED) is 0.181. The average molecular weight is 605 g/mol. The molecule has 5 rings (SSSR count). The number of para-hydroxylation sites is 1. The molecule has 4 aromatic rings. The first-order valence-corrected chi connectivity index (χ1v) is 14.7. The lowest BCUT2D eigenvalue weighted by Crippen LogP contribution is -2.51. The predicted octanol–water partition coefficient (Wildman–Crippen LogP) is 6.08. The Morgan fingerprint density at radius 3 is 2.35 bits per heavy atom. The van der Waals surface area contributed by atoms with Crippen molar-refractivity contribution in [3.8, 4) is 23.0 Å². The van der Waals surface area contributed by atoms with Gasteiger partial charge < -0.3 is 38.5 Å². The maximum Gasteiger partial charge on any atom is 0.137 e. The molecular formula is C34H35ClNO7-. The highest BCUT2D eigenvalue weighted by molar-refractivity contribution is 6.32. The molecular weight excluding hydrogens is 570 g/mol. The lowest BCUT2D eigenvalue weighted by Gasteiger charge is -2.40. The summed E-state index contributed by atoms with van der Waals surface area (Å²) in [5, 5.41) is 14.2. The Morgan fingerprint density at radius 1 is 0.907 bits per heavy atom. The number of piperidine rings is 1. The summed E-state index contributed by atoms with van der Waals surface area (Å²) in [7, 11) is 3.27. The van der Waals surface area contributed by atoms with Crippen molar-refractivity contribution in [1.82, 2.24) is 4.90 Å². The van der Waals surface area contributed by atoms with Crippen molar-refractivity contribution < 1.29 is 33.6 Å². The smallest absolute Gasteiger partial charge is 0.137 e. The number of methoxy groups -OCH3 is 2. The second-order valence-electron chi connectivity index (χ2n) is 10.3. The monoisotopic (exact) mass is 604 g/mol. The standard InChI is InChI=1S/C34H36ClNO7/c1-39-31-20-24(33(40-2)28-9-4-3-8-27(28)31)22-43-32-21-36(34(37)38)17-16-26(32)23-12-14-25(15-13-23)41-18-7-19-42-30-11-6-5-10-29(30)35/h3-6,8-15,20,26,32H,7,16-19,21-22H2,1-2H3,(H,37,38)/p-1. The van der Waals surface area contributed by atoms with Crippen molar-refractivity contribution >= 4 is 28.5 Å². The Balaban J connectivity index is 1.24. The van der Waals surface area contributed by atoms with Crippen LogP contribution in [-0.4, -0.2) is 57.6 Å². The number of halogens is 1. The number of likely N-dealkylation sites (tertiary alicyclic amines) is 1. The summed E-state index contributed by atoms with van der Waals surface area (Å²) >= 11 is 6.13. The Morgan fingerprint density at radius 2 is 1.63 bits per heavy atom. The van der Waals surface area contributed by atoms with Gasteiger partial charge in [-0.1, -0.05) is 60.1 Å². The average Bonchev–Trinajstić information content (AvgIpc) is 3.04. The van der Waals surface area contributed by atoms with Gasteiger partial charge in [0.05, 0.1) is 45.2 Å². The van der Waals surface area contributed by atoms with E-state index in [-0.39, 0.29) is 25.2 Å². The van der Waals surface area contributed by atoms with Crippen LogP contribution in [-0.2, 0) is 11.3 Å². The summed E-state index contributed by atoms with van der Waals surface area (Å²) < 4.78 is 29.5. The number of hydrogen-bond acceptors (Lipinski definition) is 7. The molecule has 1 amide bonds. The Kier molecular flexibility index (Phi) is 10.1. The van der Waals surface area contributed by atoms with Crippen molar-refractivity contribution in [2.24, 2.45) is 0 Å². The van der Waals surface area contributed by atoms with Crippen molar-refractivity contribution in [3.05, 3.63) is 95.0 Å². The molecule has 1 heterocycles. The van der Waals surface area contributed by atoms with E-state index in [0.29, 0.717) is 49.1 Å². The summed E-state index contributed by atoms with van der Waals surface area (Å²) in [4.78, 5) is 13.0. The molecule has 1 aliphatic heterocycles. The van der Waals surface area contributed by atoms with Gasteiger partial charge in [-0.05, 0) is 42.3 Å². The van der Waals surface area contributed by atoms with E-state index < -0.39 is 6.09 Å². The van der Waals surface area contributed by atoms with Crippen molar-refractivity contribution in [2.45, 2.75) is 31.5 Å². The molecule has 1 aliphatic rings. The van der Waals surface area contributed by atoms with Crippen molar-refractivity contribution in [1.29, 1.82) is 0 Å². The third kappa shape index (κ3) is 7.27. The molecule has 0 aliphatic carbocycles. The molecule has 8 nitrogen and oxygen atoms in total. The maximum atomic E-state index is 11.7. The largest absolute Gasteiger partial charge is 0.530 e. The topological polar surface area (TPSA) is 89.5 Å². The molecule has 0 radical (unpaired) electrons. The minimum atomic E-state index is -1.20. The zero-order chi connectivity index (χ0) is 30.2. The minimum Gasteiger partial charge on any atom is -0.530 e. The zero-order valence-electron chi connectivity index (χ0n) is 24.3. The highest BCUT2D eigenvalue weighted by Crippen LogP contribution is 2.38. The second-order valence-corrected chi connectivity index (χ2v) is 10.7. The van der Waals surface area contributed by atoms with Gasteiger partial charge in [-0.25, -0.2) is 0 Å². The first kappa shape index (κ1) is 30.3. The summed E-state index contributed by atoms with van der Waals surface area (Å²) in [6.45, 7) is 1.81. The minimum absolute atomic E-state index is 0.0120. The van der Waals surface area contributed by atoms with Gasteiger partial charge in [0, 0.05) is 41.8 Å². The van der Waals surface area contributed by atoms with Crippen LogP contribution in [0.4, 0.5) is 4.79 Å². The fraction of sp³-hybridized carbons (Fsp3) is 0.324. The van der Waals surface area contributed by atoms with Gasteiger partial charge >= 0.3 is 0 Å². The lowest BCUT2D eigenvalue weighted by atomic mass is 9.87. The van der Waals surface area contributed by atoms with Gasteiger partial charge in [-0.3, -0.25) is 0 Å². The third-order valence-corrected chi connectivity index (χ3v) is 8.00. The molecule has 2 atom stereocenters. The molecule has 0 bridgehead atoms. The maximum absolute atomic E-state index is 11.7. The molecule has 4 aromatic carbocycles. The number of nitrogens with zero attached hydrogens (tertiary/aromatic N) is 1. The van der Waals surface area contributed by atoms with Gasteiger partial charge in [0.25, 0.3) is 0 Å². The third-order valence-electron chi connectivity index (χ3n) is 7.69. The molecule has 0 aromatic heterocycles. The van der Waals surface area contributed by atoms with Gasteiger partial charge in [-0.15, -0.1) is 0 Å². The Hall–Kier alpha value is -4.14. The highest BCUT2D eigenvalue weighted by atomic mass is 35.5. The number of benzene rings is 4. The number of carbonyl (C=O) groups excluding carboxylic acids is 1. The summed E-state index contributed by atoms with van der Waals surface area (Å²) in [6, 6.07) is 25.1. The van der Waals surface area contributed by atoms with Crippen LogP contribution < -0.4 is 24.1 Å². The molecule has 0 saturated carbocycles. The molecule has 2 unspecified atom stereocenters. The Labute approximate surface area is 256 Å². The van der Waals surface area contributed by atoms with Gasteiger partial charge in [-0.2, -0.15) is 0 Å². The first-order valence-electron chi connectivity index (χ1n) is 14.3. The van der Waals surface area contributed by atoms with Gasteiger partial charge in [0.1, 0.15) is 29.1 Å². The molecule has 1 fully saturated rings. The Bertz CT molecular complexity index is 1530. The van der Waals surface area contributed by atoms with E-state index in [0.717, 1.165) is 33.4 Å². The molecule has 43 heavy (non-hydrogen) atoms. The number of fused-ring (bicyclic) bond motifs is 1. The molecule has 226 valence electrons. The molecule has 0 N–H and O–H groups in total. The van der Waals surface area contributed by atoms with E-state index in [2.05, 4.69) is 0 Å². The van der Waals surface area contributed by atoms with Crippen LogP contribution in [0.25, 0.3) is 10.8 Å². The number of carboxylic acid groups (broad SMARTS) is 1. The van der Waals surface area contributed by atoms with Crippen LogP contribution in [0.5, 0.6) is 23.0 Å². The molecule has 9 heteroatoms.